The van der Waals surface area contributed by atoms with Gasteiger partial charge in [-0.05, 0) is 87.8 Å². The van der Waals surface area contributed by atoms with Crippen LogP contribution in [0.15, 0.2) is 41.3 Å². The van der Waals surface area contributed by atoms with Gasteiger partial charge in [-0.3, -0.25) is 4.79 Å². The van der Waals surface area contributed by atoms with Gasteiger partial charge in [0.1, 0.15) is 0 Å². The molecule has 1 heterocycles. The molecule has 3 rings (SSSR count). The van der Waals surface area contributed by atoms with Gasteiger partial charge in [0.05, 0.1) is 4.90 Å². The molecular formula is C27H39N3O3S. The first kappa shape index (κ1) is 26.2. The van der Waals surface area contributed by atoms with Crippen molar-refractivity contribution in [3.8, 4) is 0 Å². The van der Waals surface area contributed by atoms with Crippen LogP contribution < -0.4 is 10.2 Å². The van der Waals surface area contributed by atoms with Crippen molar-refractivity contribution in [2.24, 2.45) is 5.92 Å². The highest BCUT2D eigenvalue weighted by atomic mass is 32.2. The van der Waals surface area contributed by atoms with Gasteiger partial charge in [-0.1, -0.05) is 24.3 Å². The molecule has 34 heavy (non-hydrogen) atoms. The summed E-state index contributed by atoms with van der Waals surface area (Å²) in [6.45, 7) is 10.0. The van der Waals surface area contributed by atoms with E-state index in [1.807, 2.05) is 52.0 Å². The minimum absolute atomic E-state index is 0.0484. The van der Waals surface area contributed by atoms with Crippen LogP contribution in [-0.2, 0) is 14.8 Å². The van der Waals surface area contributed by atoms with E-state index in [1.54, 1.807) is 4.31 Å². The standard InChI is InChI=1S/C27H39N3O3S/c1-20-19-21(2)23(4)26(22(20)3)34(32,33)30-17-13-24(14-18-30)27(31)28-15-9-10-16-29(5)25-11-7-6-8-12-25/h6-8,11-12,19,24H,9-10,13-18H2,1-5H3,(H,28,31). The van der Waals surface area contributed by atoms with Crippen LogP contribution in [0.2, 0.25) is 0 Å². The fourth-order valence-corrected chi connectivity index (χ4v) is 6.74. The number of amides is 1. The molecule has 0 saturated carbocycles. The van der Waals surface area contributed by atoms with E-state index in [9.17, 15) is 13.2 Å². The smallest absolute Gasteiger partial charge is 0.243 e. The van der Waals surface area contributed by atoms with Crippen LogP contribution in [0.25, 0.3) is 0 Å². The third-order valence-electron chi connectivity index (χ3n) is 7.14. The number of para-hydroxylation sites is 1. The van der Waals surface area contributed by atoms with E-state index in [4.69, 9.17) is 0 Å². The topological polar surface area (TPSA) is 69.7 Å². The van der Waals surface area contributed by atoms with Crippen molar-refractivity contribution in [1.29, 1.82) is 0 Å². The van der Waals surface area contributed by atoms with Gasteiger partial charge in [-0.2, -0.15) is 4.31 Å². The summed E-state index contributed by atoms with van der Waals surface area (Å²) in [4.78, 5) is 15.3. The first-order valence-electron chi connectivity index (χ1n) is 12.2. The molecule has 0 aromatic heterocycles. The zero-order valence-corrected chi connectivity index (χ0v) is 22.0. The van der Waals surface area contributed by atoms with Crippen LogP contribution in [-0.4, -0.2) is 51.9 Å². The van der Waals surface area contributed by atoms with E-state index in [0.29, 0.717) is 37.4 Å². The summed E-state index contributed by atoms with van der Waals surface area (Å²) in [7, 11) is -1.50. The molecule has 7 heteroatoms. The number of hydrogen-bond acceptors (Lipinski definition) is 4. The van der Waals surface area contributed by atoms with Crippen molar-refractivity contribution in [2.75, 3.05) is 38.1 Å². The van der Waals surface area contributed by atoms with E-state index >= 15 is 0 Å². The number of anilines is 1. The maximum absolute atomic E-state index is 13.4. The monoisotopic (exact) mass is 485 g/mol. The second-order valence-electron chi connectivity index (χ2n) is 9.52. The van der Waals surface area contributed by atoms with Crippen molar-refractivity contribution in [2.45, 2.75) is 58.3 Å². The lowest BCUT2D eigenvalue weighted by atomic mass is 9.97. The first-order valence-corrected chi connectivity index (χ1v) is 13.7. The molecule has 2 aromatic rings. The Morgan fingerprint density at radius 1 is 1.00 bits per heavy atom. The van der Waals surface area contributed by atoms with Crippen molar-refractivity contribution in [3.63, 3.8) is 0 Å². The van der Waals surface area contributed by atoms with Crippen LogP contribution in [0.5, 0.6) is 0 Å². The van der Waals surface area contributed by atoms with E-state index in [1.165, 1.54) is 5.69 Å². The molecule has 1 fully saturated rings. The van der Waals surface area contributed by atoms with Crippen LogP contribution in [0.1, 0.15) is 47.9 Å². The highest BCUT2D eigenvalue weighted by molar-refractivity contribution is 7.89. The van der Waals surface area contributed by atoms with Crippen molar-refractivity contribution < 1.29 is 13.2 Å². The Morgan fingerprint density at radius 2 is 1.59 bits per heavy atom. The van der Waals surface area contributed by atoms with E-state index in [2.05, 4.69) is 29.4 Å². The lowest BCUT2D eigenvalue weighted by Crippen LogP contribution is -2.43. The van der Waals surface area contributed by atoms with Crippen molar-refractivity contribution in [3.05, 3.63) is 58.7 Å². The van der Waals surface area contributed by atoms with Gasteiger partial charge in [-0.25, -0.2) is 8.42 Å². The van der Waals surface area contributed by atoms with Gasteiger partial charge < -0.3 is 10.2 Å². The van der Waals surface area contributed by atoms with Crippen LogP contribution >= 0.6 is 0 Å². The number of sulfonamides is 1. The maximum atomic E-state index is 13.4. The van der Waals surface area contributed by atoms with Crippen molar-refractivity contribution in [1.82, 2.24) is 9.62 Å². The fraction of sp³-hybridized carbons (Fsp3) is 0.519. The second kappa shape index (κ2) is 11.4. The quantitative estimate of drug-likeness (QED) is 0.536. The number of nitrogens with zero attached hydrogens (tertiary/aromatic N) is 2. The number of piperidine rings is 1. The third kappa shape index (κ3) is 5.99. The SMILES string of the molecule is Cc1cc(C)c(C)c(S(=O)(=O)N2CCC(C(=O)NCCCCN(C)c3ccccc3)CC2)c1C. The minimum Gasteiger partial charge on any atom is -0.375 e. The molecular weight excluding hydrogens is 446 g/mol. The molecule has 6 nitrogen and oxygen atoms in total. The molecule has 0 aliphatic carbocycles. The maximum Gasteiger partial charge on any atom is 0.243 e. The molecule has 1 amide bonds. The van der Waals surface area contributed by atoms with Gasteiger partial charge >= 0.3 is 0 Å². The van der Waals surface area contributed by atoms with Crippen molar-refractivity contribution >= 4 is 21.6 Å². The summed E-state index contributed by atoms with van der Waals surface area (Å²) in [6.07, 6.45) is 3.04. The Hall–Kier alpha value is -2.38. The Morgan fingerprint density at radius 3 is 2.18 bits per heavy atom. The number of hydrogen-bond donors (Lipinski definition) is 1. The molecule has 0 radical (unpaired) electrons. The Labute approximate surface area is 205 Å². The molecule has 0 unspecified atom stereocenters. The van der Waals surface area contributed by atoms with Gasteiger partial charge in [0.15, 0.2) is 0 Å². The largest absolute Gasteiger partial charge is 0.375 e. The second-order valence-corrected chi connectivity index (χ2v) is 11.4. The van der Waals surface area contributed by atoms with E-state index < -0.39 is 10.0 Å². The zero-order valence-electron chi connectivity index (χ0n) is 21.2. The van der Waals surface area contributed by atoms with Gasteiger partial charge in [0.25, 0.3) is 0 Å². The molecule has 0 spiro atoms. The summed E-state index contributed by atoms with van der Waals surface area (Å²) in [5, 5.41) is 3.06. The highest BCUT2D eigenvalue weighted by Gasteiger charge is 2.34. The summed E-state index contributed by atoms with van der Waals surface area (Å²) in [5.74, 6) is -0.0768. The van der Waals surface area contributed by atoms with Gasteiger partial charge in [0, 0.05) is 44.8 Å². The molecule has 1 aliphatic heterocycles. The molecule has 1 aliphatic rings. The van der Waals surface area contributed by atoms with Gasteiger partial charge in [0.2, 0.25) is 15.9 Å². The number of unbranched alkanes of at least 4 members (excludes halogenated alkanes) is 1. The summed E-state index contributed by atoms with van der Waals surface area (Å²) < 4.78 is 28.4. The predicted octanol–water partition coefficient (Wildman–Crippen LogP) is 4.35. The number of rotatable bonds is 9. The number of carbonyl (C=O) groups is 1. The Balaban J connectivity index is 1.46. The lowest BCUT2D eigenvalue weighted by molar-refractivity contribution is -0.126. The number of benzene rings is 2. The number of carbonyl (C=O) groups excluding carboxylic acids is 1. The molecule has 1 N–H and O–H groups in total. The summed E-state index contributed by atoms with van der Waals surface area (Å²) in [5.41, 5.74) is 4.82. The normalized spacial score (nSPS) is 15.3. The first-order chi connectivity index (χ1) is 16.1. The third-order valence-corrected chi connectivity index (χ3v) is 9.31. The molecule has 186 valence electrons. The number of aryl methyl sites for hydroxylation is 2. The summed E-state index contributed by atoms with van der Waals surface area (Å²) >= 11 is 0. The highest BCUT2D eigenvalue weighted by Crippen LogP contribution is 2.31. The van der Waals surface area contributed by atoms with Gasteiger partial charge in [-0.15, -0.1) is 0 Å². The minimum atomic E-state index is -3.58. The average molecular weight is 486 g/mol. The Bertz CT molecular complexity index is 1070. The number of nitrogens with one attached hydrogen (secondary N) is 1. The fourth-order valence-electron chi connectivity index (χ4n) is 4.70. The molecule has 2 aromatic carbocycles. The predicted molar refractivity (Wildman–Crippen MR) is 139 cm³/mol. The lowest BCUT2D eigenvalue weighted by Gasteiger charge is -2.32. The molecule has 1 saturated heterocycles. The van der Waals surface area contributed by atoms with E-state index in [-0.39, 0.29) is 11.8 Å². The average Bonchev–Trinajstić information content (AvgIpc) is 2.83. The van der Waals surface area contributed by atoms with Crippen LogP contribution in [0.3, 0.4) is 0 Å². The van der Waals surface area contributed by atoms with Crippen LogP contribution in [0.4, 0.5) is 5.69 Å². The molecule has 0 atom stereocenters. The zero-order chi connectivity index (χ0) is 24.9. The Kier molecular flexibility index (Phi) is 8.77. The van der Waals surface area contributed by atoms with E-state index in [0.717, 1.165) is 41.6 Å². The van der Waals surface area contributed by atoms with Crippen LogP contribution in [0, 0.1) is 33.6 Å². The summed E-state index contributed by atoms with van der Waals surface area (Å²) in [6, 6.07) is 12.3. The molecule has 0 bridgehead atoms.